The second-order valence-corrected chi connectivity index (χ2v) is 3.94. The van der Waals surface area contributed by atoms with Gasteiger partial charge in [-0.15, -0.1) is 0 Å². The Balaban J connectivity index is 2.23. The van der Waals surface area contributed by atoms with E-state index in [1.807, 2.05) is 0 Å². The van der Waals surface area contributed by atoms with Crippen LogP contribution in [0.2, 0.25) is 0 Å². The maximum atomic E-state index is 14.5. The molecule has 1 aromatic rings. The average Bonchev–Trinajstić information content (AvgIpc) is 2.39. The molecular formula is C13H11FN2O3. The minimum atomic E-state index is -2.57. The molecule has 2 unspecified atom stereocenters. The normalized spacial score (nSPS) is 25.0. The van der Waals surface area contributed by atoms with Crippen molar-refractivity contribution in [3.63, 3.8) is 0 Å². The highest BCUT2D eigenvalue weighted by molar-refractivity contribution is 5.84. The highest BCUT2D eigenvalue weighted by Crippen LogP contribution is 2.31. The van der Waals surface area contributed by atoms with Crippen molar-refractivity contribution in [2.24, 2.45) is 16.6 Å². The predicted molar refractivity (Wildman–Crippen MR) is 66.6 cm³/mol. The minimum absolute atomic E-state index is 0.145. The van der Waals surface area contributed by atoms with Crippen molar-refractivity contribution < 1.29 is 18.7 Å². The topological polar surface area (TPSA) is 81.8 Å². The lowest BCUT2D eigenvalue weighted by atomic mass is 10.0. The van der Waals surface area contributed by atoms with Gasteiger partial charge in [-0.2, -0.15) is 4.39 Å². The van der Waals surface area contributed by atoms with Crippen molar-refractivity contribution in [1.29, 1.82) is 0 Å². The van der Waals surface area contributed by atoms with E-state index in [0.29, 0.717) is 11.8 Å². The van der Waals surface area contributed by atoms with E-state index in [1.54, 1.807) is 0 Å². The summed E-state index contributed by atoms with van der Waals surface area (Å²) in [5.41, 5.74) is 5.54. The molecule has 1 aliphatic heterocycles. The number of rotatable bonds is 4. The molecule has 2 N–H and O–H groups in total. The first-order valence-corrected chi connectivity index (χ1v) is 5.49. The van der Waals surface area contributed by atoms with Gasteiger partial charge in [0, 0.05) is 11.8 Å². The van der Waals surface area contributed by atoms with E-state index in [2.05, 4.69) is 4.99 Å². The van der Waals surface area contributed by atoms with Crippen LogP contribution in [0.5, 0.6) is 5.75 Å². The van der Waals surface area contributed by atoms with Gasteiger partial charge < -0.3 is 10.5 Å². The van der Waals surface area contributed by atoms with Crippen LogP contribution < -0.4 is 10.5 Å². The van der Waals surface area contributed by atoms with E-state index in [4.69, 9.17) is 10.5 Å². The maximum Gasteiger partial charge on any atom is 0.364 e. The third-order valence-corrected chi connectivity index (χ3v) is 2.61. The Labute approximate surface area is 108 Å². The number of nitrogens with zero attached hydrogens (tertiary/aromatic N) is 1. The molecule has 0 saturated carbocycles. The molecule has 2 rings (SSSR count). The van der Waals surface area contributed by atoms with E-state index < -0.39 is 17.8 Å². The summed E-state index contributed by atoms with van der Waals surface area (Å²) in [5, 5.41) is 0. The number of halogens is 1. The zero-order valence-electron chi connectivity index (χ0n) is 9.82. The zero-order valence-corrected chi connectivity index (χ0v) is 9.82. The van der Waals surface area contributed by atoms with Crippen LogP contribution in [0.3, 0.4) is 0 Å². The van der Waals surface area contributed by atoms with Crippen LogP contribution in [0, 0.1) is 5.92 Å². The first-order valence-electron chi connectivity index (χ1n) is 5.49. The highest BCUT2D eigenvalue weighted by atomic mass is 19.2. The van der Waals surface area contributed by atoms with Gasteiger partial charge in [-0.05, 0) is 30.3 Å². The summed E-state index contributed by atoms with van der Waals surface area (Å²) in [6.45, 7) is 0. The smallest absolute Gasteiger partial charge is 0.364 e. The number of amides is 1. The number of aliphatic imine (C=N–C) groups is 1. The van der Waals surface area contributed by atoms with Crippen LogP contribution in [-0.4, -0.2) is 24.4 Å². The van der Waals surface area contributed by atoms with Crippen LogP contribution in [0.25, 0.3) is 0 Å². The van der Waals surface area contributed by atoms with Crippen LogP contribution in [0.1, 0.15) is 10.4 Å². The van der Waals surface area contributed by atoms with Gasteiger partial charge in [0.15, 0.2) is 0 Å². The molecule has 1 aliphatic rings. The van der Waals surface area contributed by atoms with Crippen molar-refractivity contribution in [3.05, 3.63) is 42.0 Å². The van der Waals surface area contributed by atoms with Gasteiger partial charge >= 0.3 is 5.98 Å². The summed E-state index contributed by atoms with van der Waals surface area (Å²) in [6, 6.07) is 5.76. The van der Waals surface area contributed by atoms with Crippen molar-refractivity contribution in [2.75, 3.05) is 0 Å². The van der Waals surface area contributed by atoms with E-state index in [-0.39, 0.29) is 5.75 Å². The number of hydrogen-bond acceptors (Lipinski definition) is 4. The Morgan fingerprint density at radius 3 is 2.68 bits per heavy atom. The predicted octanol–water partition coefficient (Wildman–Crippen LogP) is 1.24. The summed E-state index contributed by atoms with van der Waals surface area (Å²) in [4.78, 5) is 25.2. The Hall–Kier alpha value is -2.50. The molecule has 1 heterocycles. The van der Waals surface area contributed by atoms with Crippen molar-refractivity contribution in [3.8, 4) is 5.75 Å². The Morgan fingerprint density at radius 2 is 2.11 bits per heavy atom. The Morgan fingerprint density at radius 1 is 1.42 bits per heavy atom. The fourth-order valence-corrected chi connectivity index (χ4v) is 1.64. The number of hydrogen-bond donors (Lipinski definition) is 1. The standard InChI is InChI=1S/C13H11FN2O3/c14-13(11(12(15)18)2-1-7-16-13)19-10-5-3-9(8-17)4-6-10/h1-8,11H,(H2,15,18). The summed E-state index contributed by atoms with van der Waals surface area (Å²) in [5.74, 6) is -4.60. The molecule has 0 saturated heterocycles. The molecular weight excluding hydrogens is 251 g/mol. The van der Waals surface area contributed by atoms with E-state index >= 15 is 0 Å². The van der Waals surface area contributed by atoms with Crippen molar-refractivity contribution in [2.45, 2.75) is 5.98 Å². The molecule has 1 amide bonds. The van der Waals surface area contributed by atoms with Crippen LogP contribution in [-0.2, 0) is 4.79 Å². The van der Waals surface area contributed by atoms with Gasteiger partial charge in [-0.1, -0.05) is 6.08 Å². The van der Waals surface area contributed by atoms with Gasteiger partial charge in [0.25, 0.3) is 0 Å². The van der Waals surface area contributed by atoms with Crippen molar-refractivity contribution >= 4 is 18.4 Å². The molecule has 0 aromatic heterocycles. The number of alkyl halides is 1. The fourth-order valence-electron chi connectivity index (χ4n) is 1.64. The molecule has 0 radical (unpaired) electrons. The molecule has 5 nitrogen and oxygen atoms in total. The summed E-state index contributed by atoms with van der Waals surface area (Å²) < 4.78 is 19.6. The zero-order chi connectivity index (χ0) is 13.9. The molecule has 19 heavy (non-hydrogen) atoms. The minimum Gasteiger partial charge on any atom is -0.439 e. The monoisotopic (exact) mass is 262 g/mol. The molecule has 98 valence electrons. The maximum absolute atomic E-state index is 14.5. The summed E-state index contributed by atoms with van der Waals surface area (Å²) in [7, 11) is 0. The SMILES string of the molecule is NC(=O)C1C=CC=NC1(F)Oc1ccc(C=O)cc1. The molecule has 0 spiro atoms. The largest absolute Gasteiger partial charge is 0.439 e. The third kappa shape index (κ3) is 2.67. The lowest BCUT2D eigenvalue weighted by Gasteiger charge is -2.28. The van der Waals surface area contributed by atoms with Gasteiger partial charge in [0.1, 0.15) is 18.0 Å². The number of primary amides is 1. The molecule has 6 heteroatoms. The number of aldehydes is 1. The molecule has 2 atom stereocenters. The Bertz CT molecular complexity index is 554. The van der Waals surface area contributed by atoms with Gasteiger partial charge in [-0.3, -0.25) is 9.59 Å². The average molecular weight is 262 g/mol. The van der Waals surface area contributed by atoms with Crippen LogP contribution >= 0.6 is 0 Å². The summed E-state index contributed by atoms with van der Waals surface area (Å²) in [6.07, 6.45) is 4.56. The van der Waals surface area contributed by atoms with Crippen LogP contribution in [0.15, 0.2) is 41.4 Å². The fraction of sp³-hybridized carbons (Fsp3) is 0.154. The molecule has 0 bridgehead atoms. The van der Waals surface area contributed by atoms with E-state index in [0.717, 1.165) is 0 Å². The van der Waals surface area contributed by atoms with E-state index in [1.165, 1.54) is 42.6 Å². The lowest BCUT2D eigenvalue weighted by molar-refractivity contribution is -0.139. The number of dihydropyridines is 1. The van der Waals surface area contributed by atoms with Gasteiger partial charge in [0.2, 0.25) is 5.91 Å². The molecule has 0 fully saturated rings. The number of carbonyl (C=O) groups is 2. The quantitative estimate of drug-likeness (QED) is 0.654. The van der Waals surface area contributed by atoms with Crippen molar-refractivity contribution in [1.82, 2.24) is 0 Å². The number of nitrogens with two attached hydrogens (primary N) is 1. The van der Waals surface area contributed by atoms with Gasteiger partial charge in [-0.25, -0.2) is 4.99 Å². The number of benzene rings is 1. The highest BCUT2D eigenvalue weighted by Gasteiger charge is 2.44. The molecule has 1 aromatic carbocycles. The lowest BCUT2D eigenvalue weighted by Crippen LogP contribution is -2.45. The van der Waals surface area contributed by atoms with E-state index in [9.17, 15) is 14.0 Å². The first-order chi connectivity index (χ1) is 9.05. The Kier molecular flexibility index (Phi) is 3.41. The second kappa shape index (κ2) is 5.01. The van der Waals surface area contributed by atoms with Gasteiger partial charge in [0.05, 0.1) is 0 Å². The summed E-state index contributed by atoms with van der Waals surface area (Å²) >= 11 is 0. The molecule has 0 aliphatic carbocycles. The number of carbonyl (C=O) groups excluding carboxylic acids is 2. The second-order valence-electron chi connectivity index (χ2n) is 3.94. The number of allylic oxidation sites excluding steroid dienone is 1. The van der Waals surface area contributed by atoms with Crippen LogP contribution in [0.4, 0.5) is 4.39 Å². The third-order valence-electron chi connectivity index (χ3n) is 2.61. The number of ether oxygens (including phenoxy) is 1. The first kappa shape index (κ1) is 12.9.